The fourth-order valence-corrected chi connectivity index (χ4v) is 3.89. The van der Waals surface area contributed by atoms with Gasteiger partial charge in [-0.25, -0.2) is 4.39 Å². The minimum atomic E-state index is -0.221. The van der Waals surface area contributed by atoms with Crippen LogP contribution in [0.4, 0.5) is 4.39 Å². The van der Waals surface area contributed by atoms with Crippen molar-refractivity contribution in [1.82, 2.24) is 5.32 Å². The molecule has 0 unspecified atom stereocenters. The van der Waals surface area contributed by atoms with E-state index in [1.807, 2.05) is 12.1 Å². The summed E-state index contributed by atoms with van der Waals surface area (Å²) in [6.45, 7) is 0.455. The third-order valence-corrected chi connectivity index (χ3v) is 5.64. The SMILES string of the molecule is NC1CCC(N[C@H]2C[C@@H]2c2ccc(OCc3ccc(F)cc3)cc2)CC1. The summed E-state index contributed by atoms with van der Waals surface area (Å²) in [6, 6.07) is 16.5. The van der Waals surface area contributed by atoms with E-state index in [9.17, 15) is 4.39 Å². The van der Waals surface area contributed by atoms with E-state index in [-0.39, 0.29) is 5.82 Å². The van der Waals surface area contributed by atoms with Crippen molar-refractivity contribution in [3.05, 3.63) is 65.5 Å². The molecule has 138 valence electrons. The van der Waals surface area contributed by atoms with Crippen LogP contribution in [0.1, 0.15) is 49.1 Å². The van der Waals surface area contributed by atoms with Crippen LogP contribution in [-0.2, 0) is 6.61 Å². The van der Waals surface area contributed by atoms with Crippen LogP contribution in [0.3, 0.4) is 0 Å². The van der Waals surface area contributed by atoms with Gasteiger partial charge >= 0.3 is 0 Å². The molecule has 2 saturated carbocycles. The molecule has 2 aromatic carbocycles. The van der Waals surface area contributed by atoms with Crippen molar-refractivity contribution in [2.45, 2.75) is 62.8 Å². The van der Waals surface area contributed by atoms with Gasteiger partial charge in [-0.05, 0) is 67.5 Å². The van der Waals surface area contributed by atoms with Gasteiger partial charge in [-0.3, -0.25) is 0 Å². The van der Waals surface area contributed by atoms with Gasteiger partial charge in [-0.1, -0.05) is 24.3 Å². The molecule has 0 saturated heterocycles. The smallest absolute Gasteiger partial charge is 0.123 e. The highest BCUT2D eigenvalue weighted by atomic mass is 19.1. The predicted octanol–water partition coefficient (Wildman–Crippen LogP) is 4.12. The molecular weight excluding hydrogens is 327 g/mol. The number of ether oxygens (including phenoxy) is 1. The summed E-state index contributed by atoms with van der Waals surface area (Å²) in [5, 5.41) is 3.81. The molecule has 2 aromatic rings. The first-order chi connectivity index (χ1) is 12.7. The number of nitrogens with two attached hydrogens (primary N) is 1. The Bertz CT molecular complexity index is 708. The minimum Gasteiger partial charge on any atom is -0.489 e. The Morgan fingerprint density at radius 3 is 2.35 bits per heavy atom. The third-order valence-electron chi connectivity index (χ3n) is 5.64. The summed E-state index contributed by atoms with van der Waals surface area (Å²) in [7, 11) is 0. The lowest BCUT2D eigenvalue weighted by atomic mass is 9.92. The molecule has 0 spiro atoms. The number of benzene rings is 2. The van der Waals surface area contributed by atoms with Crippen molar-refractivity contribution in [3.8, 4) is 5.75 Å². The topological polar surface area (TPSA) is 47.3 Å². The van der Waals surface area contributed by atoms with Crippen LogP contribution in [0.5, 0.6) is 5.75 Å². The molecule has 2 fully saturated rings. The highest BCUT2D eigenvalue weighted by Crippen LogP contribution is 2.42. The highest BCUT2D eigenvalue weighted by Gasteiger charge is 2.39. The molecule has 2 aliphatic carbocycles. The zero-order valence-electron chi connectivity index (χ0n) is 15.0. The van der Waals surface area contributed by atoms with Gasteiger partial charge in [0.2, 0.25) is 0 Å². The van der Waals surface area contributed by atoms with E-state index in [4.69, 9.17) is 10.5 Å². The average Bonchev–Trinajstić information content (AvgIpc) is 3.43. The molecule has 0 aliphatic heterocycles. The van der Waals surface area contributed by atoms with Crippen LogP contribution >= 0.6 is 0 Å². The summed E-state index contributed by atoms with van der Waals surface area (Å²) >= 11 is 0. The first-order valence-electron chi connectivity index (χ1n) is 9.66. The average molecular weight is 354 g/mol. The van der Waals surface area contributed by atoms with E-state index in [2.05, 4.69) is 17.4 Å². The molecule has 4 heteroatoms. The molecule has 2 atom stereocenters. The Hall–Kier alpha value is -1.91. The third kappa shape index (κ3) is 4.43. The van der Waals surface area contributed by atoms with E-state index >= 15 is 0 Å². The lowest BCUT2D eigenvalue weighted by Gasteiger charge is -2.27. The number of hydrogen-bond donors (Lipinski definition) is 2. The highest BCUT2D eigenvalue weighted by molar-refractivity contribution is 5.34. The van der Waals surface area contributed by atoms with Gasteiger partial charge in [-0.15, -0.1) is 0 Å². The fourth-order valence-electron chi connectivity index (χ4n) is 3.89. The summed E-state index contributed by atoms with van der Waals surface area (Å²) < 4.78 is 18.7. The zero-order valence-corrected chi connectivity index (χ0v) is 15.0. The molecule has 0 aromatic heterocycles. The van der Waals surface area contributed by atoms with Crippen LogP contribution in [0.15, 0.2) is 48.5 Å². The second-order valence-corrected chi connectivity index (χ2v) is 7.71. The van der Waals surface area contributed by atoms with Crippen LogP contribution < -0.4 is 15.8 Å². The molecule has 0 radical (unpaired) electrons. The Kier molecular flexibility index (Phi) is 5.23. The van der Waals surface area contributed by atoms with Gasteiger partial charge in [0.25, 0.3) is 0 Å². The lowest BCUT2D eigenvalue weighted by Crippen LogP contribution is -2.38. The fraction of sp³-hybridized carbons (Fsp3) is 0.455. The van der Waals surface area contributed by atoms with Gasteiger partial charge in [0.1, 0.15) is 18.2 Å². The molecule has 26 heavy (non-hydrogen) atoms. The summed E-state index contributed by atoms with van der Waals surface area (Å²) in [4.78, 5) is 0. The Balaban J connectivity index is 1.25. The van der Waals surface area contributed by atoms with Gasteiger partial charge in [0.15, 0.2) is 0 Å². The molecular formula is C22H27FN2O. The van der Waals surface area contributed by atoms with Gasteiger partial charge in [-0.2, -0.15) is 0 Å². The van der Waals surface area contributed by atoms with Crippen molar-refractivity contribution in [2.24, 2.45) is 5.73 Å². The Morgan fingerprint density at radius 1 is 0.962 bits per heavy atom. The minimum absolute atomic E-state index is 0.221. The van der Waals surface area contributed by atoms with Crippen molar-refractivity contribution < 1.29 is 9.13 Å². The van der Waals surface area contributed by atoms with E-state index in [1.165, 1.54) is 37.0 Å². The van der Waals surface area contributed by atoms with Crippen LogP contribution in [0.25, 0.3) is 0 Å². The molecule has 3 N–H and O–H groups in total. The summed E-state index contributed by atoms with van der Waals surface area (Å²) in [5.41, 5.74) is 8.33. The van der Waals surface area contributed by atoms with Crippen LogP contribution in [0.2, 0.25) is 0 Å². The summed E-state index contributed by atoms with van der Waals surface area (Å²) in [5.74, 6) is 1.25. The van der Waals surface area contributed by atoms with E-state index < -0.39 is 0 Å². The Morgan fingerprint density at radius 2 is 1.65 bits per heavy atom. The maximum atomic E-state index is 12.9. The summed E-state index contributed by atoms with van der Waals surface area (Å²) in [6.07, 6.45) is 5.93. The maximum absolute atomic E-state index is 12.9. The van der Waals surface area contributed by atoms with Crippen molar-refractivity contribution in [1.29, 1.82) is 0 Å². The lowest BCUT2D eigenvalue weighted by molar-refractivity contribution is 0.306. The molecule has 0 bridgehead atoms. The standard InChI is InChI=1S/C22H27FN2O/c23-17-5-1-15(2-6-17)14-26-20-11-3-16(4-12-20)21-13-22(21)25-19-9-7-18(24)8-10-19/h1-6,11-12,18-19,21-22,25H,7-10,13-14,24H2/t18?,19?,21-,22+/m1/s1. The maximum Gasteiger partial charge on any atom is 0.123 e. The molecule has 2 aliphatic rings. The zero-order chi connectivity index (χ0) is 17.9. The van der Waals surface area contributed by atoms with Crippen molar-refractivity contribution in [3.63, 3.8) is 0 Å². The number of rotatable bonds is 6. The quantitative estimate of drug-likeness (QED) is 0.820. The van der Waals surface area contributed by atoms with E-state index in [0.717, 1.165) is 24.2 Å². The number of nitrogens with one attached hydrogen (secondary N) is 1. The molecule has 4 rings (SSSR count). The normalized spacial score (nSPS) is 27.9. The predicted molar refractivity (Wildman–Crippen MR) is 102 cm³/mol. The molecule has 0 amide bonds. The monoisotopic (exact) mass is 354 g/mol. The van der Waals surface area contributed by atoms with Crippen molar-refractivity contribution >= 4 is 0 Å². The second kappa shape index (κ2) is 7.77. The first kappa shape index (κ1) is 17.5. The van der Waals surface area contributed by atoms with Crippen LogP contribution in [-0.4, -0.2) is 18.1 Å². The molecule has 3 nitrogen and oxygen atoms in total. The van der Waals surface area contributed by atoms with Crippen LogP contribution in [0, 0.1) is 5.82 Å². The second-order valence-electron chi connectivity index (χ2n) is 7.71. The molecule has 0 heterocycles. The van der Waals surface area contributed by atoms with E-state index in [0.29, 0.717) is 30.7 Å². The van der Waals surface area contributed by atoms with E-state index in [1.54, 1.807) is 12.1 Å². The van der Waals surface area contributed by atoms with Crippen molar-refractivity contribution in [2.75, 3.05) is 0 Å². The number of halogens is 1. The van der Waals surface area contributed by atoms with Gasteiger partial charge < -0.3 is 15.8 Å². The Labute approximate surface area is 154 Å². The largest absolute Gasteiger partial charge is 0.489 e. The van der Waals surface area contributed by atoms with Gasteiger partial charge in [0, 0.05) is 24.0 Å². The first-order valence-corrected chi connectivity index (χ1v) is 9.66. The number of hydrogen-bond acceptors (Lipinski definition) is 3. The van der Waals surface area contributed by atoms with Gasteiger partial charge in [0.05, 0.1) is 0 Å².